The van der Waals surface area contributed by atoms with Crippen molar-refractivity contribution in [2.75, 3.05) is 53.8 Å². The topological polar surface area (TPSA) is 69.7 Å². The zero-order chi connectivity index (χ0) is 23.5. The van der Waals surface area contributed by atoms with Crippen LogP contribution in [-0.2, 0) is 6.42 Å². The molecule has 8 nitrogen and oxygen atoms in total. The molecule has 5 rings (SSSR count). The molecule has 3 heterocycles. The molecule has 2 aromatic carbocycles. The van der Waals surface area contributed by atoms with E-state index in [1.165, 1.54) is 0 Å². The van der Waals surface area contributed by atoms with Crippen molar-refractivity contribution in [2.45, 2.75) is 31.7 Å². The first kappa shape index (κ1) is 25.3. The second-order valence-corrected chi connectivity index (χ2v) is 8.93. The van der Waals surface area contributed by atoms with Crippen LogP contribution in [0.3, 0.4) is 0 Å². The smallest absolute Gasteiger partial charge is 0.254 e. The lowest BCUT2D eigenvalue weighted by Gasteiger charge is -2.41. The Labute approximate surface area is 212 Å². The highest BCUT2D eigenvalue weighted by atomic mass is 35.5. The molecule has 3 aliphatic heterocycles. The molecule has 0 bridgehead atoms. The van der Waals surface area contributed by atoms with Gasteiger partial charge in [-0.25, -0.2) is 0 Å². The molecule has 9 heteroatoms. The van der Waals surface area contributed by atoms with E-state index in [1.54, 1.807) is 14.2 Å². The third-order valence-electron chi connectivity index (χ3n) is 6.88. The SMILES string of the molecule is COc1cc2c(cc1OC)C(=O)N([C@H]1CCCN(CCCOc3ccc4c(c3)OCO4)C1)CC2.Cl. The third kappa shape index (κ3) is 5.38. The van der Waals surface area contributed by atoms with Crippen molar-refractivity contribution >= 4 is 18.3 Å². The Kier molecular flexibility index (Phi) is 8.13. The number of ether oxygens (including phenoxy) is 5. The standard InChI is InChI=1S/C26H32N2O6.ClH/c1-30-23-13-18-8-11-28(26(29)21(18)15-24(23)31-2)19-5-3-9-27(16-19)10-4-12-32-20-6-7-22-25(14-20)34-17-33-22;/h6-7,13-15,19H,3-5,8-12,16-17H2,1-2H3;1H/t19-;/m0./s1. The normalized spacial score (nSPS) is 19.1. The van der Waals surface area contributed by atoms with Crippen molar-refractivity contribution < 1.29 is 28.5 Å². The highest BCUT2D eigenvalue weighted by Gasteiger charge is 2.33. The Morgan fingerprint density at radius 2 is 1.83 bits per heavy atom. The maximum absolute atomic E-state index is 13.4. The third-order valence-corrected chi connectivity index (χ3v) is 6.88. The summed E-state index contributed by atoms with van der Waals surface area (Å²) in [6.45, 7) is 4.56. The van der Waals surface area contributed by atoms with E-state index in [4.69, 9.17) is 23.7 Å². The molecule has 0 unspecified atom stereocenters. The molecule has 0 saturated carbocycles. The fraction of sp³-hybridized carbons (Fsp3) is 0.500. The van der Waals surface area contributed by atoms with Gasteiger partial charge in [0.05, 0.1) is 20.8 Å². The summed E-state index contributed by atoms with van der Waals surface area (Å²) < 4.78 is 27.5. The number of carbonyl (C=O) groups is 1. The first-order chi connectivity index (χ1) is 16.7. The van der Waals surface area contributed by atoms with E-state index in [0.29, 0.717) is 18.1 Å². The van der Waals surface area contributed by atoms with Crippen LogP contribution >= 0.6 is 12.4 Å². The Morgan fingerprint density at radius 1 is 1.03 bits per heavy atom. The second kappa shape index (κ2) is 11.3. The fourth-order valence-electron chi connectivity index (χ4n) is 5.11. The molecule has 0 aromatic heterocycles. The molecule has 35 heavy (non-hydrogen) atoms. The van der Waals surface area contributed by atoms with Crippen LogP contribution in [0.5, 0.6) is 28.7 Å². The number of benzene rings is 2. The van der Waals surface area contributed by atoms with E-state index < -0.39 is 0 Å². The van der Waals surface area contributed by atoms with Gasteiger partial charge in [-0.3, -0.25) is 4.79 Å². The van der Waals surface area contributed by atoms with Crippen LogP contribution in [0.15, 0.2) is 30.3 Å². The van der Waals surface area contributed by atoms with E-state index >= 15 is 0 Å². The van der Waals surface area contributed by atoms with Crippen LogP contribution in [0.2, 0.25) is 0 Å². The lowest BCUT2D eigenvalue weighted by molar-refractivity contribution is 0.0517. The number of fused-ring (bicyclic) bond motifs is 2. The Bertz CT molecular complexity index is 1050. The van der Waals surface area contributed by atoms with Gasteiger partial charge in [0.15, 0.2) is 23.0 Å². The molecule has 1 atom stereocenters. The summed E-state index contributed by atoms with van der Waals surface area (Å²) in [6.07, 6.45) is 3.89. The molecule has 2 aromatic rings. The highest BCUT2D eigenvalue weighted by Crippen LogP contribution is 2.36. The molecular formula is C26H33ClN2O6. The van der Waals surface area contributed by atoms with Gasteiger partial charge in [0.1, 0.15) is 5.75 Å². The van der Waals surface area contributed by atoms with E-state index in [0.717, 1.165) is 80.2 Å². The molecule has 0 aliphatic carbocycles. The summed E-state index contributed by atoms with van der Waals surface area (Å²) in [5.41, 5.74) is 1.77. The summed E-state index contributed by atoms with van der Waals surface area (Å²) >= 11 is 0. The molecule has 0 N–H and O–H groups in total. The maximum atomic E-state index is 13.4. The number of hydrogen-bond donors (Lipinski definition) is 0. The van der Waals surface area contributed by atoms with E-state index in [2.05, 4.69) is 9.80 Å². The van der Waals surface area contributed by atoms with Crippen molar-refractivity contribution in [3.05, 3.63) is 41.5 Å². The largest absolute Gasteiger partial charge is 0.493 e. The molecule has 1 amide bonds. The first-order valence-electron chi connectivity index (χ1n) is 12.0. The summed E-state index contributed by atoms with van der Waals surface area (Å²) in [4.78, 5) is 17.9. The zero-order valence-electron chi connectivity index (χ0n) is 20.3. The number of carbonyl (C=O) groups excluding carboxylic acids is 1. The molecule has 3 aliphatic rings. The first-order valence-corrected chi connectivity index (χ1v) is 12.0. The molecule has 0 spiro atoms. The van der Waals surface area contributed by atoms with Gasteiger partial charge in [0.25, 0.3) is 5.91 Å². The predicted molar refractivity (Wildman–Crippen MR) is 134 cm³/mol. The Hall–Kier alpha value is -2.84. The predicted octanol–water partition coefficient (Wildman–Crippen LogP) is 3.79. The van der Waals surface area contributed by atoms with Crippen molar-refractivity contribution in [3.63, 3.8) is 0 Å². The van der Waals surface area contributed by atoms with Gasteiger partial charge in [-0.15, -0.1) is 12.4 Å². The summed E-state index contributed by atoms with van der Waals surface area (Å²) in [7, 11) is 3.22. The number of methoxy groups -OCH3 is 2. The second-order valence-electron chi connectivity index (χ2n) is 8.93. The van der Waals surface area contributed by atoms with Gasteiger partial charge in [-0.05, 0) is 62.1 Å². The number of halogens is 1. The van der Waals surface area contributed by atoms with E-state index in [9.17, 15) is 4.79 Å². The number of likely N-dealkylation sites (tertiary alicyclic amines) is 1. The fourth-order valence-corrected chi connectivity index (χ4v) is 5.11. The molecule has 1 fully saturated rings. The van der Waals surface area contributed by atoms with Crippen molar-refractivity contribution in [1.29, 1.82) is 0 Å². The summed E-state index contributed by atoms with van der Waals surface area (Å²) in [6, 6.07) is 9.68. The van der Waals surface area contributed by atoms with E-state index in [1.807, 2.05) is 30.3 Å². The average molecular weight is 505 g/mol. The average Bonchev–Trinajstić information content (AvgIpc) is 3.34. The maximum Gasteiger partial charge on any atom is 0.254 e. The van der Waals surface area contributed by atoms with Gasteiger partial charge in [-0.1, -0.05) is 0 Å². The minimum atomic E-state index is 0. The van der Waals surface area contributed by atoms with Crippen LogP contribution in [0, 0.1) is 0 Å². The number of hydrogen-bond acceptors (Lipinski definition) is 7. The lowest BCUT2D eigenvalue weighted by atomic mass is 9.94. The summed E-state index contributed by atoms with van der Waals surface area (Å²) in [5.74, 6) is 3.67. The van der Waals surface area contributed by atoms with Gasteiger partial charge < -0.3 is 33.5 Å². The Balaban J connectivity index is 0.00000289. The van der Waals surface area contributed by atoms with Crippen LogP contribution in [0.1, 0.15) is 35.2 Å². The Morgan fingerprint density at radius 3 is 2.66 bits per heavy atom. The highest BCUT2D eigenvalue weighted by molar-refractivity contribution is 5.97. The molecular weight excluding hydrogens is 472 g/mol. The lowest BCUT2D eigenvalue weighted by Crippen LogP contribution is -2.52. The monoisotopic (exact) mass is 504 g/mol. The molecule has 0 radical (unpaired) electrons. The summed E-state index contributed by atoms with van der Waals surface area (Å²) in [5, 5.41) is 0. The quantitative estimate of drug-likeness (QED) is 0.507. The molecule has 1 saturated heterocycles. The van der Waals surface area contributed by atoms with Crippen LogP contribution in [0.25, 0.3) is 0 Å². The van der Waals surface area contributed by atoms with Gasteiger partial charge >= 0.3 is 0 Å². The number of nitrogens with zero attached hydrogens (tertiary/aromatic N) is 2. The number of rotatable bonds is 8. The minimum Gasteiger partial charge on any atom is -0.493 e. The number of amides is 1. The number of piperidine rings is 1. The molecule has 190 valence electrons. The zero-order valence-corrected chi connectivity index (χ0v) is 21.1. The van der Waals surface area contributed by atoms with E-state index in [-0.39, 0.29) is 31.1 Å². The van der Waals surface area contributed by atoms with Gasteiger partial charge in [-0.2, -0.15) is 0 Å². The van der Waals surface area contributed by atoms with Gasteiger partial charge in [0, 0.05) is 37.3 Å². The van der Waals surface area contributed by atoms with Gasteiger partial charge in [0.2, 0.25) is 6.79 Å². The van der Waals surface area contributed by atoms with Crippen molar-refractivity contribution in [1.82, 2.24) is 9.80 Å². The van der Waals surface area contributed by atoms with Crippen LogP contribution in [-0.4, -0.2) is 75.5 Å². The van der Waals surface area contributed by atoms with Crippen molar-refractivity contribution in [3.8, 4) is 28.7 Å². The van der Waals surface area contributed by atoms with Crippen molar-refractivity contribution in [2.24, 2.45) is 0 Å². The van der Waals surface area contributed by atoms with Crippen LogP contribution in [0.4, 0.5) is 0 Å². The van der Waals surface area contributed by atoms with Crippen LogP contribution < -0.4 is 23.7 Å². The minimum absolute atomic E-state index is 0.